The number of benzene rings is 1. The Kier molecular flexibility index (Phi) is 6.51. The fourth-order valence-electron chi connectivity index (χ4n) is 3.56. The molecule has 7 nitrogen and oxygen atoms in total. The molecule has 1 aliphatic rings. The van der Waals surface area contributed by atoms with Crippen LogP contribution in [0.5, 0.6) is 0 Å². The van der Waals surface area contributed by atoms with Gasteiger partial charge in [-0.3, -0.25) is 4.98 Å². The van der Waals surface area contributed by atoms with Crippen LogP contribution in [0.15, 0.2) is 54.9 Å². The number of likely N-dealkylation sites (N-methyl/N-ethyl adjacent to an activating group) is 1. The number of nitrogens with one attached hydrogen (secondary N) is 1. The maximum Gasteiger partial charge on any atom is 0.227 e. The zero-order valence-corrected chi connectivity index (χ0v) is 17.5. The highest BCUT2D eigenvalue weighted by Gasteiger charge is 2.14. The van der Waals surface area contributed by atoms with Crippen molar-refractivity contribution in [1.29, 1.82) is 0 Å². The van der Waals surface area contributed by atoms with Crippen molar-refractivity contribution in [3.05, 3.63) is 60.6 Å². The molecule has 1 fully saturated rings. The predicted molar refractivity (Wildman–Crippen MR) is 122 cm³/mol. The summed E-state index contributed by atoms with van der Waals surface area (Å²) in [5.74, 6) is 0.579. The second-order valence-corrected chi connectivity index (χ2v) is 7.66. The molecule has 0 amide bonds. The Labute approximate surface area is 178 Å². The Bertz CT molecular complexity index is 950. The van der Waals surface area contributed by atoms with Gasteiger partial charge in [-0.25, -0.2) is 9.97 Å². The first kappa shape index (κ1) is 20.3. The number of hydrogen-bond donors (Lipinski definition) is 2. The van der Waals surface area contributed by atoms with Gasteiger partial charge in [-0.1, -0.05) is 6.07 Å². The Morgan fingerprint density at radius 1 is 1.03 bits per heavy atom. The van der Waals surface area contributed by atoms with Gasteiger partial charge in [0.25, 0.3) is 0 Å². The van der Waals surface area contributed by atoms with E-state index in [9.17, 15) is 0 Å². The fraction of sp³-hybridized carbons (Fsp3) is 0.348. The number of nitrogens with zero attached hydrogens (tertiary/aromatic N) is 5. The Balaban J connectivity index is 1.46. The zero-order chi connectivity index (χ0) is 20.8. The van der Waals surface area contributed by atoms with Crippen LogP contribution in [0.4, 0.5) is 17.3 Å². The van der Waals surface area contributed by atoms with E-state index in [2.05, 4.69) is 61.4 Å². The largest absolute Gasteiger partial charge is 0.369 e. The molecule has 1 aliphatic heterocycles. The van der Waals surface area contributed by atoms with Gasteiger partial charge < -0.3 is 20.9 Å². The van der Waals surface area contributed by atoms with Gasteiger partial charge in [0, 0.05) is 61.2 Å². The minimum absolute atomic E-state index is 0.579. The van der Waals surface area contributed by atoms with Crippen molar-refractivity contribution in [2.75, 3.05) is 50.0 Å². The van der Waals surface area contributed by atoms with E-state index >= 15 is 0 Å². The quantitative estimate of drug-likeness (QED) is 0.627. The van der Waals surface area contributed by atoms with Crippen LogP contribution in [0.1, 0.15) is 12.1 Å². The molecule has 30 heavy (non-hydrogen) atoms. The van der Waals surface area contributed by atoms with E-state index in [1.54, 1.807) is 6.20 Å². The van der Waals surface area contributed by atoms with Crippen molar-refractivity contribution in [2.45, 2.75) is 12.8 Å². The van der Waals surface area contributed by atoms with E-state index in [0.29, 0.717) is 12.5 Å². The van der Waals surface area contributed by atoms with Crippen LogP contribution in [-0.2, 0) is 6.42 Å². The van der Waals surface area contributed by atoms with Gasteiger partial charge in [-0.05, 0) is 62.8 Å². The van der Waals surface area contributed by atoms with Gasteiger partial charge in [0.15, 0.2) is 0 Å². The van der Waals surface area contributed by atoms with Crippen LogP contribution in [-0.4, -0.2) is 59.6 Å². The molecule has 0 unspecified atom stereocenters. The average molecular weight is 404 g/mol. The van der Waals surface area contributed by atoms with Gasteiger partial charge >= 0.3 is 0 Å². The third-order valence-corrected chi connectivity index (χ3v) is 5.38. The molecule has 1 saturated heterocycles. The zero-order valence-electron chi connectivity index (χ0n) is 17.5. The molecule has 156 valence electrons. The number of rotatable bonds is 7. The van der Waals surface area contributed by atoms with Crippen LogP contribution in [0.2, 0.25) is 0 Å². The molecule has 3 heterocycles. The summed E-state index contributed by atoms with van der Waals surface area (Å²) in [7, 11) is 2.17. The van der Waals surface area contributed by atoms with Crippen molar-refractivity contribution in [3.63, 3.8) is 0 Å². The topological polar surface area (TPSA) is 83.2 Å². The fourth-order valence-corrected chi connectivity index (χ4v) is 3.56. The average Bonchev–Trinajstić information content (AvgIpc) is 2.79. The number of piperazine rings is 1. The normalized spacial score (nSPS) is 14.7. The van der Waals surface area contributed by atoms with Gasteiger partial charge in [0.05, 0.1) is 5.69 Å². The summed E-state index contributed by atoms with van der Waals surface area (Å²) in [5, 5.41) is 3.35. The van der Waals surface area contributed by atoms with Crippen LogP contribution in [0.25, 0.3) is 11.3 Å². The summed E-state index contributed by atoms with van der Waals surface area (Å²) in [6.07, 6.45) is 5.49. The summed E-state index contributed by atoms with van der Waals surface area (Å²) >= 11 is 0. The Morgan fingerprint density at radius 2 is 1.90 bits per heavy atom. The monoisotopic (exact) mass is 403 g/mol. The molecular formula is C23H29N7. The van der Waals surface area contributed by atoms with Crippen molar-refractivity contribution in [1.82, 2.24) is 19.9 Å². The molecule has 0 bridgehead atoms. The molecular weight excluding hydrogens is 374 g/mol. The molecule has 2 aromatic heterocycles. The van der Waals surface area contributed by atoms with E-state index in [1.165, 1.54) is 5.69 Å². The smallest absolute Gasteiger partial charge is 0.227 e. The maximum atomic E-state index is 5.58. The third-order valence-electron chi connectivity index (χ3n) is 5.38. The highest BCUT2D eigenvalue weighted by Crippen LogP contribution is 2.24. The number of anilines is 3. The predicted octanol–water partition coefficient (Wildman–Crippen LogP) is 2.93. The summed E-state index contributed by atoms with van der Waals surface area (Å²) < 4.78 is 0. The van der Waals surface area contributed by atoms with Crippen LogP contribution >= 0.6 is 0 Å². The molecule has 0 saturated carbocycles. The molecule has 4 rings (SSSR count). The summed E-state index contributed by atoms with van der Waals surface area (Å²) in [6.45, 7) is 4.94. The molecule has 0 aliphatic carbocycles. The molecule has 7 heteroatoms. The first-order chi connectivity index (χ1) is 14.7. The van der Waals surface area contributed by atoms with E-state index in [1.807, 2.05) is 24.4 Å². The Morgan fingerprint density at radius 3 is 2.67 bits per heavy atom. The highest BCUT2D eigenvalue weighted by molar-refractivity contribution is 5.64. The first-order valence-electron chi connectivity index (χ1n) is 10.5. The number of aromatic nitrogens is 3. The number of nitrogens with two attached hydrogens (primary N) is 1. The highest BCUT2D eigenvalue weighted by atomic mass is 15.2. The van der Waals surface area contributed by atoms with Gasteiger partial charge in [-0.15, -0.1) is 0 Å². The van der Waals surface area contributed by atoms with Gasteiger partial charge in [0.1, 0.15) is 0 Å². The lowest BCUT2D eigenvalue weighted by atomic mass is 10.1. The van der Waals surface area contributed by atoms with E-state index in [-0.39, 0.29) is 0 Å². The molecule has 0 spiro atoms. The molecule has 0 radical (unpaired) electrons. The lowest BCUT2D eigenvalue weighted by Crippen LogP contribution is -2.44. The van der Waals surface area contributed by atoms with Crippen molar-refractivity contribution in [3.8, 4) is 11.3 Å². The molecule has 0 atom stereocenters. The third kappa shape index (κ3) is 5.11. The second kappa shape index (κ2) is 9.65. The van der Waals surface area contributed by atoms with Crippen LogP contribution in [0, 0.1) is 0 Å². The number of aryl methyl sites for hydroxylation is 1. The van der Waals surface area contributed by atoms with Crippen molar-refractivity contribution in [2.24, 2.45) is 5.73 Å². The Hall–Kier alpha value is -3.03. The summed E-state index contributed by atoms with van der Waals surface area (Å²) in [4.78, 5) is 18.4. The first-order valence-corrected chi connectivity index (χ1v) is 10.5. The van der Waals surface area contributed by atoms with E-state index < -0.39 is 0 Å². The minimum atomic E-state index is 0.579. The maximum absolute atomic E-state index is 5.58. The van der Waals surface area contributed by atoms with Crippen LogP contribution in [0.3, 0.4) is 0 Å². The van der Waals surface area contributed by atoms with Crippen molar-refractivity contribution < 1.29 is 0 Å². The van der Waals surface area contributed by atoms with Gasteiger partial charge in [-0.2, -0.15) is 0 Å². The van der Waals surface area contributed by atoms with E-state index in [4.69, 9.17) is 5.73 Å². The molecule has 1 aromatic carbocycles. The summed E-state index contributed by atoms with van der Waals surface area (Å²) in [5.41, 5.74) is 10.7. The minimum Gasteiger partial charge on any atom is -0.369 e. The lowest BCUT2D eigenvalue weighted by molar-refractivity contribution is 0.313. The lowest BCUT2D eigenvalue weighted by Gasteiger charge is -2.34. The molecule has 3 N–H and O–H groups in total. The second-order valence-electron chi connectivity index (χ2n) is 7.66. The van der Waals surface area contributed by atoms with Crippen molar-refractivity contribution >= 4 is 17.3 Å². The summed E-state index contributed by atoms with van der Waals surface area (Å²) in [6, 6.07) is 14.4. The number of pyridine rings is 1. The van der Waals surface area contributed by atoms with E-state index in [0.717, 1.165) is 61.7 Å². The number of hydrogen-bond acceptors (Lipinski definition) is 7. The molecule has 3 aromatic rings. The van der Waals surface area contributed by atoms with Crippen LogP contribution < -0.4 is 16.0 Å². The SMILES string of the molecule is CN1CCN(c2cccc(Nc3nccc(-c4ccc(CCCN)nc4)n3)c2)CC1. The van der Waals surface area contributed by atoms with Gasteiger partial charge in [0.2, 0.25) is 5.95 Å². The standard InChI is InChI=1S/C23H29N7/c1-29-12-14-30(15-13-29)21-6-2-4-20(16-21)27-23-25-11-9-22(28-23)18-7-8-19(26-17-18)5-3-10-24/h2,4,6-9,11,16-17H,3,5,10,12-15,24H2,1H3,(H,25,27,28).